The van der Waals surface area contributed by atoms with Crippen LogP contribution in [0.25, 0.3) is 0 Å². The van der Waals surface area contributed by atoms with Crippen LogP contribution in [-0.2, 0) is 13.1 Å². The van der Waals surface area contributed by atoms with E-state index < -0.39 is 0 Å². The Morgan fingerprint density at radius 1 is 0.962 bits per heavy atom. The van der Waals surface area contributed by atoms with Crippen LogP contribution in [0, 0.1) is 0 Å². The highest BCUT2D eigenvalue weighted by atomic mass is 32.2. The number of benzene rings is 2. The van der Waals surface area contributed by atoms with E-state index in [1.807, 2.05) is 17.8 Å². The Labute approximate surface area is 162 Å². The summed E-state index contributed by atoms with van der Waals surface area (Å²) in [5.74, 6) is 1.88. The molecule has 5 heteroatoms. The van der Waals surface area contributed by atoms with E-state index in [-0.39, 0.29) is 0 Å². The third-order valence-electron chi connectivity index (χ3n) is 3.69. The molecule has 2 aromatic rings. The van der Waals surface area contributed by atoms with Crippen LogP contribution in [0.4, 0.5) is 0 Å². The average molecular weight is 371 g/mol. The average Bonchev–Trinajstić information content (AvgIpc) is 2.64. The summed E-state index contributed by atoms with van der Waals surface area (Å²) in [6.07, 6.45) is 0. The molecule has 0 aliphatic heterocycles. The predicted molar refractivity (Wildman–Crippen MR) is 114 cm³/mol. The van der Waals surface area contributed by atoms with Crippen LogP contribution in [0.15, 0.2) is 64.5 Å². The smallest absolute Gasteiger partial charge is 0.191 e. The van der Waals surface area contributed by atoms with Crippen molar-refractivity contribution in [3.8, 4) is 0 Å². The molecule has 0 saturated heterocycles. The fraction of sp³-hybridized carbons (Fsp3) is 0.381. The van der Waals surface area contributed by atoms with Gasteiger partial charge in [-0.05, 0) is 44.3 Å². The molecule has 4 nitrogen and oxygen atoms in total. The maximum atomic E-state index is 4.69. The van der Waals surface area contributed by atoms with Crippen LogP contribution in [0.5, 0.6) is 0 Å². The highest BCUT2D eigenvalue weighted by Gasteiger charge is 2.00. The summed E-state index contributed by atoms with van der Waals surface area (Å²) in [4.78, 5) is 8.17. The van der Waals surface area contributed by atoms with Gasteiger partial charge in [0, 0.05) is 30.3 Å². The van der Waals surface area contributed by atoms with Gasteiger partial charge in [0.05, 0.1) is 6.54 Å². The fourth-order valence-corrected chi connectivity index (χ4v) is 3.27. The monoisotopic (exact) mass is 370 g/mol. The summed E-state index contributed by atoms with van der Waals surface area (Å²) < 4.78 is 0. The van der Waals surface area contributed by atoms with E-state index in [1.54, 1.807) is 0 Å². The molecule has 2 N–H and O–H groups in total. The molecule has 2 rings (SSSR count). The van der Waals surface area contributed by atoms with E-state index in [1.165, 1.54) is 16.0 Å². The summed E-state index contributed by atoms with van der Waals surface area (Å²) >= 11 is 1.85. The molecule has 0 amide bonds. The third kappa shape index (κ3) is 7.93. The second kappa shape index (κ2) is 11.6. The lowest BCUT2D eigenvalue weighted by Crippen LogP contribution is -2.38. The quantitative estimate of drug-likeness (QED) is 0.306. The maximum Gasteiger partial charge on any atom is 0.191 e. The largest absolute Gasteiger partial charge is 0.357 e. The summed E-state index contributed by atoms with van der Waals surface area (Å²) in [6, 6.07) is 19.2. The Balaban J connectivity index is 1.79. The zero-order chi connectivity index (χ0) is 18.6. The fourth-order valence-electron chi connectivity index (χ4n) is 2.48. The highest BCUT2D eigenvalue weighted by Crippen LogP contribution is 2.15. The van der Waals surface area contributed by atoms with Crippen molar-refractivity contribution in [2.24, 2.45) is 4.99 Å². The number of rotatable bonds is 9. The third-order valence-corrected chi connectivity index (χ3v) is 4.71. The number of nitrogens with one attached hydrogen (secondary N) is 2. The van der Waals surface area contributed by atoms with Crippen LogP contribution >= 0.6 is 11.8 Å². The molecular formula is C21H30N4S. The molecule has 0 saturated carbocycles. The molecule has 0 unspecified atom stereocenters. The van der Waals surface area contributed by atoms with Crippen molar-refractivity contribution in [1.82, 2.24) is 15.5 Å². The summed E-state index contributed by atoms with van der Waals surface area (Å²) in [6.45, 7) is 5.48. The number of nitrogens with zero attached hydrogens (tertiary/aromatic N) is 2. The van der Waals surface area contributed by atoms with E-state index >= 15 is 0 Å². The first-order valence-corrected chi connectivity index (χ1v) is 10.1. The summed E-state index contributed by atoms with van der Waals surface area (Å²) in [5, 5.41) is 6.72. The van der Waals surface area contributed by atoms with Crippen molar-refractivity contribution in [3.63, 3.8) is 0 Å². The first-order chi connectivity index (χ1) is 12.7. The minimum absolute atomic E-state index is 0.684. The van der Waals surface area contributed by atoms with Gasteiger partial charge in [-0.1, -0.05) is 42.5 Å². The number of guanidine groups is 1. The van der Waals surface area contributed by atoms with Crippen LogP contribution < -0.4 is 10.6 Å². The van der Waals surface area contributed by atoms with E-state index in [0.717, 1.165) is 31.3 Å². The van der Waals surface area contributed by atoms with Gasteiger partial charge >= 0.3 is 0 Å². The maximum absolute atomic E-state index is 4.69. The normalized spacial score (nSPS) is 11.6. The van der Waals surface area contributed by atoms with Gasteiger partial charge in [-0.2, -0.15) is 0 Å². The molecule has 140 valence electrons. The van der Waals surface area contributed by atoms with Gasteiger partial charge in [0.2, 0.25) is 0 Å². The van der Waals surface area contributed by atoms with Gasteiger partial charge in [-0.3, -0.25) is 0 Å². The van der Waals surface area contributed by atoms with Gasteiger partial charge in [-0.15, -0.1) is 11.8 Å². The van der Waals surface area contributed by atoms with Crippen LogP contribution in [0.3, 0.4) is 0 Å². The van der Waals surface area contributed by atoms with E-state index in [9.17, 15) is 0 Å². The second-order valence-electron chi connectivity index (χ2n) is 6.34. The second-order valence-corrected chi connectivity index (χ2v) is 7.51. The number of thioether (sulfide) groups is 1. The molecule has 0 bridgehead atoms. The topological polar surface area (TPSA) is 39.7 Å². The molecule has 0 fully saturated rings. The molecule has 0 aromatic heterocycles. The molecule has 0 spiro atoms. The number of hydrogen-bond acceptors (Lipinski definition) is 3. The molecule has 0 aliphatic carbocycles. The predicted octanol–water partition coefficient (Wildman–Crippen LogP) is 3.60. The van der Waals surface area contributed by atoms with Crippen LogP contribution in [-0.4, -0.2) is 43.8 Å². The molecule has 0 atom stereocenters. The van der Waals surface area contributed by atoms with Crippen molar-refractivity contribution in [2.45, 2.75) is 24.9 Å². The zero-order valence-corrected chi connectivity index (χ0v) is 16.9. The first-order valence-electron chi connectivity index (χ1n) is 9.10. The summed E-state index contributed by atoms with van der Waals surface area (Å²) in [7, 11) is 4.17. The van der Waals surface area contributed by atoms with Crippen molar-refractivity contribution >= 4 is 17.7 Å². The van der Waals surface area contributed by atoms with Crippen molar-refractivity contribution in [1.29, 1.82) is 0 Å². The molecule has 0 aliphatic rings. The lowest BCUT2D eigenvalue weighted by Gasteiger charge is -2.12. The minimum atomic E-state index is 0.684. The Morgan fingerprint density at radius 3 is 2.31 bits per heavy atom. The standard InChI is InChI=1S/C21H30N4S/c1-4-22-21(23-14-15-26-20-8-6-5-7-9-20)24-16-18-10-12-19(13-11-18)17-25(2)3/h5-13H,4,14-17H2,1-3H3,(H2,22,23,24). The minimum Gasteiger partial charge on any atom is -0.357 e. The van der Waals surface area contributed by atoms with E-state index in [4.69, 9.17) is 4.99 Å². The SMILES string of the molecule is CCNC(=NCc1ccc(CN(C)C)cc1)NCCSc1ccccc1. The van der Waals surface area contributed by atoms with Crippen molar-refractivity contribution < 1.29 is 0 Å². The van der Waals surface area contributed by atoms with Crippen LogP contribution in [0.2, 0.25) is 0 Å². The van der Waals surface area contributed by atoms with Gasteiger partial charge in [0.25, 0.3) is 0 Å². The molecule has 0 heterocycles. The summed E-state index contributed by atoms with van der Waals surface area (Å²) in [5.41, 5.74) is 2.55. The zero-order valence-electron chi connectivity index (χ0n) is 16.0. The van der Waals surface area contributed by atoms with Crippen molar-refractivity contribution in [3.05, 3.63) is 65.7 Å². The Morgan fingerprint density at radius 2 is 1.65 bits per heavy atom. The highest BCUT2D eigenvalue weighted by molar-refractivity contribution is 7.99. The lowest BCUT2D eigenvalue weighted by molar-refractivity contribution is 0.402. The molecular weight excluding hydrogens is 340 g/mol. The number of hydrogen-bond donors (Lipinski definition) is 2. The molecule has 2 aromatic carbocycles. The lowest BCUT2D eigenvalue weighted by atomic mass is 10.1. The first kappa shape index (κ1) is 20.3. The van der Waals surface area contributed by atoms with E-state index in [0.29, 0.717) is 6.54 Å². The Bertz CT molecular complexity index is 653. The van der Waals surface area contributed by atoms with Crippen molar-refractivity contribution in [2.75, 3.05) is 32.9 Å². The van der Waals surface area contributed by atoms with Gasteiger partial charge in [-0.25, -0.2) is 4.99 Å². The van der Waals surface area contributed by atoms with Gasteiger partial charge < -0.3 is 15.5 Å². The molecule has 0 radical (unpaired) electrons. The van der Waals surface area contributed by atoms with Gasteiger partial charge in [0.1, 0.15) is 0 Å². The Hall–Kier alpha value is -1.98. The Kier molecular flexibility index (Phi) is 9.07. The number of aliphatic imine (C=N–C) groups is 1. The van der Waals surface area contributed by atoms with Gasteiger partial charge in [0.15, 0.2) is 5.96 Å². The van der Waals surface area contributed by atoms with Crippen LogP contribution in [0.1, 0.15) is 18.1 Å². The molecule has 26 heavy (non-hydrogen) atoms. The van der Waals surface area contributed by atoms with E-state index in [2.05, 4.69) is 85.1 Å².